The van der Waals surface area contributed by atoms with Crippen LogP contribution in [0.5, 0.6) is 0 Å². The average molecular weight is 344 g/mol. The van der Waals surface area contributed by atoms with Crippen LogP contribution in [0, 0.1) is 12.8 Å². The van der Waals surface area contributed by atoms with Crippen LogP contribution in [0.2, 0.25) is 0 Å². The van der Waals surface area contributed by atoms with Crippen molar-refractivity contribution in [3.05, 3.63) is 40.9 Å². The Morgan fingerprint density at radius 1 is 1.21 bits per heavy atom. The molecule has 0 saturated heterocycles. The number of carboxylic acid groups (broad SMARTS) is 1. The largest absolute Gasteiger partial charge is 0.481 e. The van der Waals surface area contributed by atoms with Crippen molar-refractivity contribution in [2.45, 2.75) is 38.6 Å². The second kappa shape index (κ2) is 7.13. The van der Waals surface area contributed by atoms with Gasteiger partial charge in [-0.1, -0.05) is 24.3 Å². The first-order chi connectivity index (χ1) is 11.5. The average Bonchev–Trinajstić information content (AvgIpc) is 3.05. The lowest BCUT2D eigenvalue weighted by molar-refractivity contribution is -0.142. The lowest BCUT2D eigenvalue weighted by atomic mass is 9.86. The van der Waals surface area contributed by atoms with E-state index < -0.39 is 5.97 Å². The van der Waals surface area contributed by atoms with Gasteiger partial charge in [-0.15, -0.1) is 11.3 Å². The molecule has 0 aliphatic heterocycles. The van der Waals surface area contributed by atoms with Gasteiger partial charge in [-0.25, -0.2) is 4.98 Å². The summed E-state index contributed by atoms with van der Waals surface area (Å²) in [6.07, 6.45) is 2.65. The number of carboxylic acids is 1. The maximum atomic E-state index is 12.4. The summed E-state index contributed by atoms with van der Waals surface area (Å²) >= 11 is 1.46. The highest BCUT2D eigenvalue weighted by atomic mass is 32.1. The van der Waals surface area contributed by atoms with E-state index in [4.69, 9.17) is 5.11 Å². The van der Waals surface area contributed by atoms with Crippen LogP contribution in [0.4, 0.5) is 0 Å². The zero-order chi connectivity index (χ0) is 17.1. The summed E-state index contributed by atoms with van der Waals surface area (Å²) in [6.45, 7) is 2.03. The molecule has 3 rings (SSSR count). The summed E-state index contributed by atoms with van der Waals surface area (Å²) in [5, 5.41) is 14.6. The fraction of sp³-hybridized carbons (Fsp3) is 0.389. The molecule has 1 aromatic heterocycles. The third-order valence-electron chi connectivity index (χ3n) is 4.52. The van der Waals surface area contributed by atoms with Crippen LogP contribution >= 0.6 is 11.3 Å². The molecule has 1 fully saturated rings. The highest BCUT2D eigenvalue weighted by Gasteiger charge is 2.27. The summed E-state index contributed by atoms with van der Waals surface area (Å²) < 4.78 is 0. The second-order valence-electron chi connectivity index (χ2n) is 6.21. The van der Waals surface area contributed by atoms with E-state index in [-0.39, 0.29) is 17.9 Å². The number of aliphatic carboxylic acids is 1. The molecule has 6 heteroatoms. The van der Waals surface area contributed by atoms with Crippen LogP contribution in [-0.2, 0) is 4.79 Å². The Bertz CT molecular complexity index is 748. The van der Waals surface area contributed by atoms with Crippen molar-refractivity contribution in [3.63, 3.8) is 0 Å². The lowest BCUT2D eigenvalue weighted by Gasteiger charge is -2.26. The number of nitrogens with zero attached hydrogens (tertiary/aromatic N) is 1. The molecule has 2 aromatic rings. The number of thiazole rings is 1. The third kappa shape index (κ3) is 3.64. The number of carbonyl (C=O) groups excluding carboxylic acids is 1. The fourth-order valence-corrected chi connectivity index (χ4v) is 3.95. The number of carbonyl (C=O) groups is 2. The molecule has 0 spiro atoms. The minimum atomic E-state index is -0.734. The van der Waals surface area contributed by atoms with E-state index in [9.17, 15) is 9.59 Å². The minimum absolute atomic E-state index is 0.0386. The summed E-state index contributed by atoms with van der Waals surface area (Å²) in [6, 6.07) is 8.01. The number of aryl methyl sites for hydroxylation is 1. The summed E-state index contributed by atoms with van der Waals surface area (Å²) in [7, 11) is 0. The van der Waals surface area contributed by atoms with Gasteiger partial charge in [0.25, 0.3) is 5.91 Å². The van der Waals surface area contributed by atoms with Crippen LogP contribution in [0.25, 0.3) is 10.6 Å². The van der Waals surface area contributed by atoms with Crippen molar-refractivity contribution in [1.82, 2.24) is 10.3 Å². The summed E-state index contributed by atoms with van der Waals surface area (Å²) in [4.78, 5) is 27.8. The molecular weight excluding hydrogens is 324 g/mol. The molecule has 24 heavy (non-hydrogen) atoms. The van der Waals surface area contributed by atoms with Crippen LogP contribution < -0.4 is 5.32 Å². The zero-order valence-electron chi connectivity index (χ0n) is 13.5. The molecule has 1 saturated carbocycles. The van der Waals surface area contributed by atoms with Crippen LogP contribution in [0.1, 0.15) is 41.7 Å². The molecule has 1 aliphatic carbocycles. The van der Waals surface area contributed by atoms with Crippen molar-refractivity contribution in [2.24, 2.45) is 5.92 Å². The number of nitrogens with one attached hydrogen (secondary N) is 1. The summed E-state index contributed by atoms with van der Waals surface area (Å²) in [5.41, 5.74) is 2.60. The molecule has 126 valence electrons. The first kappa shape index (κ1) is 16.6. The first-order valence-corrected chi connectivity index (χ1v) is 8.97. The Morgan fingerprint density at radius 2 is 1.92 bits per heavy atom. The van der Waals surface area contributed by atoms with Crippen molar-refractivity contribution >= 4 is 23.2 Å². The SMILES string of the molecule is Cc1ccccc1-c1nc(C(=O)NC2CCC(C(=O)O)CC2)cs1. The van der Waals surface area contributed by atoms with Crippen LogP contribution in [0.3, 0.4) is 0 Å². The highest BCUT2D eigenvalue weighted by Crippen LogP contribution is 2.27. The van der Waals surface area contributed by atoms with E-state index in [1.807, 2.05) is 31.2 Å². The molecule has 5 nitrogen and oxygen atoms in total. The van der Waals surface area contributed by atoms with Crippen molar-refractivity contribution < 1.29 is 14.7 Å². The molecule has 0 atom stereocenters. The third-order valence-corrected chi connectivity index (χ3v) is 5.40. The van der Waals surface area contributed by atoms with Crippen molar-refractivity contribution in [3.8, 4) is 10.6 Å². The number of benzene rings is 1. The smallest absolute Gasteiger partial charge is 0.306 e. The Hall–Kier alpha value is -2.21. The number of rotatable bonds is 4. The van der Waals surface area contributed by atoms with Gasteiger partial charge in [0, 0.05) is 17.0 Å². The Labute approximate surface area is 144 Å². The first-order valence-electron chi connectivity index (χ1n) is 8.10. The topological polar surface area (TPSA) is 79.3 Å². The van der Waals surface area contributed by atoms with E-state index in [2.05, 4.69) is 10.3 Å². The van der Waals surface area contributed by atoms with Gasteiger partial charge in [0.2, 0.25) is 0 Å². The molecule has 0 unspecified atom stereocenters. The predicted molar refractivity (Wildman–Crippen MR) is 93.1 cm³/mol. The maximum Gasteiger partial charge on any atom is 0.306 e. The molecular formula is C18H20N2O3S. The van der Waals surface area contributed by atoms with Crippen LogP contribution in [0.15, 0.2) is 29.6 Å². The molecule has 2 N–H and O–H groups in total. The maximum absolute atomic E-state index is 12.4. The Balaban J connectivity index is 1.63. The minimum Gasteiger partial charge on any atom is -0.481 e. The number of hydrogen-bond donors (Lipinski definition) is 2. The molecule has 0 radical (unpaired) electrons. The van der Waals surface area contributed by atoms with Gasteiger partial charge in [0.15, 0.2) is 0 Å². The fourth-order valence-electron chi connectivity index (χ4n) is 3.06. The lowest BCUT2D eigenvalue weighted by Crippen LogP contribution is -2.38. The van der Waals surface area contributed by atoms with E-state index in [1.54, 1.807) is 5.38 Å². The van der Waals surface area contributed by atoms with Gasteiger partial charge in [-0.05, 0) is 38.2 Å². The van der Waals surface area contributed by atoms with Gasteiger partial charge in [0.1, 0.15) is 10.7 Å². The predicted octanol–water partition coefficient (Wildman–Crippen LogP) is 3.49. The van der Waals surface area contributed by atoms with E-state index in [0.717, 1.165) is 16.1 Å². The standard InChI is InChI=1S/C18H20N2O3S/c1-11-4-2-3-5-14(11)17-20-15(10-24-17)16(21)19-13-8-6-12(7-9-13)18(22)23/h2-5,10,12-13H,6-9H2,1H3,(H,19,21)(H,22,23). The number of aromatic nitrogens is 1. The van der Waals surface area contributed by atoms with E-state index >= 15 is 0 Å². The van der Waals surface area contributed by atoms with E-state index in [0.29, 0.717) is 31.4 Å². The van der Waals surface area contributed by atoms with Gasteiger partial charge in [-0.2, -0.15) is 0 Å². The van der Waals surface area contributed by atoms with Crippen molar-refractivity contribution in [1.29, 1.82) is 0 Å². The molecule has 1 amide bonds. The number of hydrogen-bond acceptors (Lipinski definition) is 4. The van der Waals surface area contributed by atoms with Crippen LogP contribution in [-0.4, -0.2) is 28.0 Å². The van der Waals surface area contributed by atoms with Gasteiger partial charge >= 0.3 is 5.97 Å². The summed E-state index contributed by atoms with van der Waals surface area (Å²) in [5.74, 6) is -1.18. The van der Waals surface area contributed by atoms with E-state index in [1.165, 1.54) is 11.3 Å². The zero-order valence-corrected chi connectivity index (χ0v) is 14.3. The Morgan fingerprint density at radius 3 is 2.58 bits per heavy atom. The monoisotopic (exact) mass is 344 g/mol. The molecule has 0 bridgehead atoms. The number of amides is 1. The molecule has 1 aromatic carbocycles. The highest BCUT2D eigenvalue weighted by molar-refractivity contribution is 7.13. The molecule has 1 aliphatic rings. The normalized spacial score (nSPS) is 20.5. The quantitative estimate of drug-likeness (QED) is 0.890. The van der Waals surface area contributed by atoms with Crippen molar-refractivity contribution in [2.75, 3.05) is 0 Å². The molecule has 1 heterocycles. The second-order valence-corrected chi connectivity index (χ2v) is 7.07. The van der Waals surface area contributed by atoms with Gasteiger partial charge in [-0.3, -0.25) is 9.59 Å². The Kier molecular flexibility index (Phi) is 4.94. The van der Waals surface area contributed by atoms with Gasteiger partial charge < -0.3 is 10.4 Å². The van der Waals surface area contributed by atoms with Gasteiger partial charge in [0.05, 0.1) is 5.92 Å².